The summed E-state index contributed by atoms with van der Waals surface area (Å²) >= 11 is 0. The Morgan fingerprint density at radius 3 is 1.60 bits per heavy atom. The molecule has 1 fully saturated rings. The summed E-state index contributed by atoms with van der Waals surface area (Å²) in [6.07, 6.45) is 22.7. The lowest BCUT2D eigenvalue weighted by Gasteiger charge is -2.18. The predicted octanol–water partition coefficient (Wildman–Crippen LogP) is 16.8. The van der Waals surface area contributed by atoms with E-state index in [4.69, 9.17) is 0 Å². The summed E-state index contributed by atoms with van der Waals surface area (Å²) < 4.78 is 0. The molecule has 0 unspecified atom stereocenters. The van der Waals surface area contributed by atoms with Gasteiger partial charge < -0.3 is 10.3 Å². The molecule has 0 saturated heterocycles. The number of rotatable bonds is 10. The van der Waals surface area contributed by atoms with Crippen LogP contribution in [0.2, 0.25) is 0 Å². The van der Waals surface area contributed by atoms with Crippen molar-refractivity contribution in [2.24, 2.45) is 5.92 Å². The number of H-pyrrole nitrogens is 1. The molecule has 9 rings (SSSR count). The van der Waals surface area contributed by atoms with Crippen molar-refractivity contribution in [1.82, 2.24) is 29.9 Å². The van der Waals surface area contributed by atoms with Gasteiger partial charge in [0, 0.05) is 55.2 Å². The number of pyridine rings is 4. The summed E-state index contributed by atoms with van der Waals surface area (Å²) in [4.78, 5) is 33.3. The van der Waals surface area contributed by atoms with Gasteiger partial charge in [-0.1, -0.05) is 184 Å². The number of nitrogens with one attached hydrogen (secondary N) is 2. The fourth-order valence-corrected chi connectivity index (χ4v) is 7.03. The maximum absolute atomic E-state index is 10.2. The topological polar surface area (TPSA) is 135 Å². The Morgan fingerprint density at radius 2 is 1.21 bits per heavy atom. The van der Waals surface area contributed by atoms with Crippen molar-refractivity contribution in [3.63, 3.8) is 0 Å². The minimum absolute atomic E-state index is 0.0108. The van der Waals surface area contributed by atoms with E-state index in [9.17, 15) is 10.1 Å². The molecule has 2 N–H and O–H groups in total. The third kappa shape index (κ3) is 28.5. The van der Waals surface area contributed by atoms with Crippen LogP contribution >= 0.6 is 0 Å². The number of nitro groups is 1. The number of aromatic amines is 1. The molecule has 0 atom stereocenters. The third-order valence-corrected chi connectivity index (χ3v) is 11.7. The Morgan fingerprint density at radius 1 is 0.603 bits per heavy atom. The zero-order chi connectivity index (χ0) is 53.3. The van der Waals surface area contributed by atoms with Crippen LogP contribution in [0, 0.1) is 23.0 Å². The zero-order valence-corrected chi connectivity index (χ0v) is 45.8. The highest BCUT2D eigenvalue weighted by atomic mass is 16.6. The van der Waals surface area contributed by atoms with Crippen LogP contribution in [-0.4, -0.2) is 41.4 Å². The first-order valence-electron chi connectivity index (χ1n) is 26.6. The second-order valence-electron chi connectivity index (χ2n) is 17.6. The highest BCUT2D eigenvalue weighted by Gasteiger charge is 2.09. The lowest BCUT2D eigenvalue weighted by atomic mass is 9.88. The lowest BCUT2D eigenvalue weighted by Crippen LogP contribution is -2.03. The van der Waals surface area contributed by atoms with Crippen LogP contribution < -0.4 is 5.32 Å². The van der Waals surface area contributed by atoms with Crippen LogP contribution in [-0.2, 0) is 32.1 Å². The number of benzene rings is 3. The standard InChI is InChI=1S/C9H10N2.2C9H12.C8H16.C7H9N3O2.3C7H9N/c1-2-9-10-7-5-3-4-6-8(7)11-9;1-8(2)9-6-4-3-5-7-9;1-3-9-6-4-8(2)5-7-9;1-2-8-6-4-3-5-7-8;1-2-8-7-4-3-6(5-9-7)10(11)12;1-2-7-4-3-5-8-6-7;2*1-2-7-5-3-4-6-8-7/h3-6H,2H2,1H3,(H,10,11);3-8H,1-2H3;4-7H,3H2,1-2H3;8H,2-7H2,1H3;3-5H,2H2,1H3,(H,8,9);3*3-6H,2H2,1H3. The zero-order valence-electron chi connectivity index (χ0n) is 45.8. The van der Waals surface area contributed by atoms with Crippen molar-refractivity contribution in [2.45, 2.75) is 146 Å². The van der Waals surface area contributed by atoms with E-state index in [1.54, 1.807) is 12.3 Å². The van der Waals surface area contributed by atoms with Crippen LogP contribution in [0.4, 0.5) is 11.5 Å². The Labute approximate surface area is 439 Å². The Balaban J connectivity index is 0.000000287. The number of hydrogen-bond acceptors (Lipinski definition) is 8. The van der Waals surface area contributed by atoms with Gasteiger partial charge in [0.1, 0.15) is 17.8 Å². The van der Waals surface area contributed by atoms with Gasteiger partial charge in [0.2, 0.25) is 0 Å². The maximum Gasteiger partial charge on any atom is 0.287 e. The van der Waals surface area contributed by atoms with E-state index in [-0.39, 0.29) is 5.69 Å². The summed E-state index contributed by atoms with van der Waals surface area (Å²) in [5.41, 5.74) is 9.99. The van der Waals surface area contributed by atoms with Crippen LogP contribution in [0.15, 0.2) is 171 Å². The molecule has 1 aliphatic rings. The van der Waals surface area contributed by atoms with Crippen molar-refractivity contribution in [1.29, 1.82) is 0 Å². The van der Waals surface area contributed by atoms with Gasteiger partial charge >= 0.3 is 0 Å². The van der Waals surface area contributed by atoms with Crippen molar-refractivity contribution in [2.75, 3.05) is 11.9 Å². The van der Waals surface area contributed by atoms with E-state index in [1.807, 2.05) is 98.3 Å². The molecule has 10 nitrogen and oxygen atoms in total. The third-order valence-electron chi connectivity index (χ3n) is 11.7. The Hall–Kier alpha value is -7.07. The molecule has 0 amide bonds. The van der Waals surface area contributed by atoms with E-state index in [1.165, 1.54) is 73.0 Å². The van der Waals surface area contributed by atoms with Gasteiger partial charge in [0.15, 0.2) is 0 Å². The Kier molecular flexibility index (Phi) is 33.6. The highest BCUT2D eigenvalue weighted by molar-refractivity contribution is 5.74. The second kappa shape index (κ2) is 39.5. The molecule has 5 heterocycles. The second-order valence-corrected chi connectivity index (χ2v) is 17.6. The summed E-state index contributed by atoms with van der Waals surface area (Å²) in [6.45, 7) is 22.1. The predicted molar refractivity (Wildman–Crippen MR) is 309 cm³/mol. The summed E-state index contributed by atoms with van der Waals surface area (Å²) in [5, 5.41) is 13.2. The molecule has 0 spiro atoms. The monoisotopic (exact) mass is 987 g/mol. The number of fused-ring (bicyclic) bond motifs is 1. The summed E-state index contributed by atoms with van der Waals surface area (Å²) in [6, 6.07) is 46.2. The number of para-hydroxylation sites is 2. The molecule has 0 radical (unpaired) electrons. The van der Waals surface area contributed by atoms with Crippen LogP contribution in [0.25, 0.3) is 11.0 Å². The number of hydrogen-bond donors (Lipinski definition) is 2. The first-order chi connectivity index (χ1) is 35.5. The molecule has 5 aromatic heterocycles. The molecular formula is C63H86N8O2. The van der Waals surface area contributed by atoms with Gasteiger partial charge in [-0.25, -0.2) is 9.97 Å². The maximum atomic E-state index is 10.2. The quantitative estimate of drug-likeness (QED) is 0.102. The van der Waals surface area contributed by atoms with Gasteiger partial charge in [-0.05, 0) is 117 Å². The number of nitrogens with zero attached hydrogens (tertiary/aromatic N) is 6. The number of imidazole rings is 1. The van der Waals surface area contributed by atoms with E-state index in [0.717, 1.165) is 72.8 Å². The van der Waals surface area contributed by atoms with Crippen LogP contribution in [0.1, 0.15) is 146 Å². The molecule has 3 aromatic carbocycles. The van der Waals surface area contributed by atoms with Crippen molar-refractivity contribution >= 4 is 22.5 Å². The molecule has 10 heteroatoms. The molecule has 1 aliphatic carbocycles. The molecular weight excluding hydrogens is 901 g/mol. The molecule has 8 aromatic rings. The van der Waals surface area contributed by atoms with Gasteiger partial charge in [-0.2, -0.15) is 0 Å². The first kappa shape index (κ1) is 62.0. The minimum Gasteiger partial charge on any atom is -0.370 e. The molecule has 1 saturated carbocycles. The smallest absolute Gasteiger partial charge is 0.287 e. The van der Waals surface area contributed by atoms with E-state index < -0.39 is 4.92 Å². The van der Waals surface area contributed by atoms with Gasteiger partial charge in [-0.3, -0.25) is 25.1 Å². The van der Waals surface area contributed by atoms with Gasteiger partial charge in [-0.15, -0.1) is 0 Å². The molecule has 0 aliphatic heterocycles. The number of aromatic nitrogens is 6. The van der Waals surface area contributed by atoms with E-state index >= 15 is 0 Å². The van der Waals surface area contributed by atoms with Crippen LogP contribution in [0.5, 0.6) is 0 Å². The van der Waals surface area contributed by atoms with Gasteiger partial charge in [0.25, 0.3) is 5.69 Å². The van der Waals surface area contributed by atoms with Crippen molar-refractivity contribution in [3.05, 3.63) is 220 Å². The van der Waals surface area contributed by atoms with E-state index in [0.29, 0.717) is 11.7 Å². The van der Waals surface area contributed by atoms with E-state index in [2.05, 4.69) is 152 Å². The van der Waals surface area contributed by atoms with Crippen molar-refractivity contribution in [3.8, 4) is 0 Å². The molecule has 73 heavy (non-hydrogen) atoms. The Bertz CT molecular complexity index is 2390. The molecule has 0 bridgehead atoms. The highest BCUT2D eigenvalue weighted by Crippen LogP contribution is 2.25. The van der Waals surface area contributed by atoms with Gasteiger partial charge in [0.05, 0.1) is 16.0 Å². The largest absolute Gasteiger partial charge is 0.370 e. The lowest BCUT2D eigenvalue weighted by molar-refractivity contribution is -0.385. The fraction of sp³-hybridized carbons (Fsp3) is 0.381. The summed E-state index contributed by atoms with van der Waals surface area (Å²) in [5.74, 6) is 3.46. The normalized spacial score (nSPS) is 11.2. The SMILES string of the molecule is CC(C)c1ccccc1.CCC1CCCCC1.CCNc1ccc([N+](=O)[O-])cn1.CCc1ccc(C)cc1.CCc1ccccn1.CCc1ccccn1.CCc1cccnc1.CCc1nc2ccccc2[nH]1. The minimum atomic E-state index is -0.470. The number of anilines is 1. The summed E-state index contributed by atoms with van der Waals surface area (Å²) in [7, 11) is 0. The number of aryl methyl sites for hydroxylation is 6. The van der Waals surface area contributed by atoms with Crippen LogP contribution in [0.3, 0.4) is 0 Å². The first-order valence-corrected chi connectivity index (χ1v) is 26.6. The molecule has 390 valence electrons. The average molecular weight is 987 g/mol. The fourth-order valence-electron chi connectivity index (χ4n) is 7.03. The average Bonchev–Trinajstić information content (AvgIpc) is 3.90. The van der Waals surface area contributed by atoms with Crippen molar-refractivity contribution < 1.29 is 4.92 Å².